The summed E-state index contributed by atoms with van der Waals surface area (Å²) >= 11 is 0. The van der Waals surface area contributed by atoms with E-state index < -0.39 is 0 Å². The maximum Gasteiger partial charge on any atom is 0.233 e. The Bertz CT molecular complexity index is 914. The SMILES string of the molecule is CN1CCN(CCOc2ccc(-c3c(C=O)cc4ccccn34)nn2)CC1. The molecule has 0 saturated carbocycles. The molecule has 7 nitrogen and oxygen atoms in total. The molecule has 3 aromatic heterocycles. The molecule has 0 amide bonds. The van der Waals surface area contributed by atoms with Crippen molar-refractivity contribution in [2.24, 2.45) is 0 Å². The van der Waals surface area contributed by atoms with Crippen molar-refractivity contribution >= 4 is 11.8 Å². The lowest BCUT2D eigenvalue weighted by Gasteiger charge is -2.32. The summed E-state index contributed by atoms with van der Waals surface area (Å²) in [5, 5.41) is 8.46. The standard InChI is InChI=1S/C20H23N5O2/c1-23-8-10-24(11-9-23)12-13-27-19-6-5-18(21-22-19)20-16(15-26)14-17-4-2-3-7-25(17)20/h2-7,14-15H,8-13H2,1H3. The summed E-state index contributed by atoms with van der Waals surface area (Å²) in [4.78, 5) is 16.2. The average Bonchev–Trinajstić information content (AvgIpc) is 3.09. The monoisotopic (exact) mass is 365 g/mol. The molecule has 0 spiro atoms. The van der Waals surface area contributed by atoms with Gasteiger partial charge in [-0.05, 0) is 31.3 Å². The predicted molar refractivity (Wildman–Crippen MR) is 103 cm³/mol. The number of nitrogens with zero attached hydrogens (tertiary/aromatic N) is 5. The van der Waals surface area contributed by atoms with Crippen LogP contribution in [0.1, 0.15) is 10.4 Å². The van der Waals surface area contributed by atoms with Crippen LogP contribution in [0.4, 0.5) is 0 Å². The van der Waals surface area contributed by atoms with Crippen LogP contribution < -0.4 is 4.74 Å². The zero-order valence-corrected chi connectivity index (χ0v) is 15.4. The maximum absolute atomic E-state index is 11.5. The van der Waals surface area contributed by atoms with Gasteiger partial charge in [-0.15, -0.1) is 10.2 Å². The van der Waals surface area contributed by atoms with E-state index >= 15 is 0 Å². The Kier molecular flexibility index (Phi) is 5.13. The first-order chi connectivity index (χ1) is 13.2. The molecule has 27 heavy (non-hydrogen) atoms. The minimum absolute atomic E-state index is 0.501. The van der Waals surface area contributed by atoms with Gasteiger partial charge in [0.1, 0.15) is 12.3 Å². The van der Waals surface area contributed by atoms with Gasteiger partial charge in [-0.1, -0.05) is 6.07 Å². The number of aldehydes is 1. The quantitative estimate of drug-likeness (QED) is 0.621. The highest BCUT2D eigenvalue weighted by Gasteiger charge is 2.15. The molecule has 1 saturated heterocycles. The Hall–Kier alpha value is -2.77. The number of fused-ring (bicyclic) bond motifs is 1. The van der Waals surface area contributed by atoms with Gasteiger partial charge in [-0.3, -0.25) is 9.69 Å². The van der Waals surface area contributed by atoms with E-state index in [-0.39, 0.29) is 0 Å². The summed E-state index contributed by atoms with van der Waals surface area (Å²) in [7, 11) is 2.15. The number of likely N-dealkylation sites (N-methyl/N-ethyl adjacent to an activating group) is 1. The second kappa shape index (κ2) is 7.85. The van der Waals surface area contributed by atoms with Gasteiger partial charge in [0.25, 0.3) is 0 Å². The van der Waals surface area contributed by atoms with E-state index in [0.717, 1.165) is 50.2 Å². The van der Waals surface area contributed by atoms with E-state index in [2.05, 4.69) is 27.0 Å². The van der Waals surface area contributed by atoms with Crippen LogP contribution in [-0.2, 0) is 0 Å². The number of aromatic nitrogens is 3. The highest BCUT2D eigenvalue weighted by molar-refractivity contribution is 5.89. The number of rotatable bonds is 6. The van der Waals surface area contributed by atoms with Crippen LogP contribution in [-0.4, -0.2) is 77.1 Å². The van der Waals surface area contributed by atoms with Crippen LogP contribution in [0.5, 0.6) is 5.88 Å². The van der Waals surface area contributed by atoms with Gasteiger partial charge >= 0.3 is 0 Å². The van der Waals surface area contributed by atoms with E-state index in [9.17, 15) is 4.79 Å². The van der Waals surface area contributed by atoms with E-state index in [0.29, 0.717) is 23.7 Å². The maximum atomic E-state index is 11.5. The van der Waals surface area contributed by atoms with Crippen molar-refractivity contribution in [1.29, 1.82) is 0 Å². The lowest BCUT2D eigenvalue weighted by atomic mass is 10.2. The van der Waals surface area contributed by atoms with Gasteiger partial charge in [0.15, 0.2) is 6.29 Å². The molecule has 0 aromatic carbocycles. The summed E-state index contributed by atoms with van der Waals surface area (Å²) in [6, 6.07) is 11.3. The van der Waals surface area contributed by atoms with Gasteiger partial charge in [-0.25, -0.2) is 0 Å². The Morgan fingerprint density at radius 2 is 1.96 bits per heavy atom. The molecule has 0 aliphatic carbocycles. The van der Waals surface area contributed by atoms with Crippen LogP contribution in [0.25, 0.3) is 16.9 Å². The first kappa shape index (κ1) is 17.6. The molecular formula is C20H23N5O2. The molecule has 0 radical (unpaired) electrons. The summed E-state index contributed by atoms with van der Waals surface area (Å²) in [5.41, 5.74) is 2.94. The molecule has 4 rings (SSSR count). The lowest BCUT2D eigenvalue weighted by molar-refractivity contribution is 0.112. The summed E-state index contributed by atoms with van der Waals surface area (Å²) in [5.74, 6) is 0.501. The second-order valence-electron chi connectivity index (χ2n) is 6.81. The molecule has 1 aliphatic rings. The molecule has 7 heteroatoms. The highest BCUT2D eigenvalue weighted by Crippen LogP contribution is 2.25. The molecule has 140 valence electrons. The third-order valence-electron chi connectivity index (χ3n) is 4.97. The number of carbonyl (C=O) groups excluding carboxylic acids is 1. The van der Waals surface area contributed by atoms with Crippen LogP contribution >= 0.6 is 0 Å². The van der Waals surface area contributed by atoms with Crippen molar-refractivity contribution < 1.29 is 9.53 Å². The van der Waals surface area contributed by atoms with Gasteiger partial charge in [-0.2, -0.15) is 0 Å². The molecule has 3 aromatic rings. The Labute approximate surface area is 158 Å². The molecule has 1 aliphatic heterocycles. The average molecular weight is 365 g/mol. The number of carbonyl (C=O) groups is 1. The lowest BCUT2D eigenvalue weighted by Crippen LogP contribution is -2.45. The third-order valence-corrected chi connectivity index (χ3v) is 4.97. The third kappa shape index (κ3) is 3.84. The normalized spacial score (nSPS) is 15.9. The fourth-order valence-corrected chi connectivity index (χ4v) is 3.38. The fraction of sp³-hybridized carbons (Fsp3) is 0.350. The van der Waals surface area contributed by atoms with Crippen LogP contribution in [0, 0.1) is 0 Å². The summed E-state index contributed by atoms with van der Waals surface area (Å²) in [6.07, 6.45) is 2.77. The molecule has 4 heterocycles. The minimum Gasteiger partial charge on any atom is -0.475 e. The molecule has 1 fully saturated rings. The van der Waals surface area contributed by atoms with Gasteiger partial charge < -0.3 is 14.0 Å². The van der Waals surface area contributed by atoms with Crippen LogP contribution in [0.3, 0.4) is 0 Å². The molecule has 0 unspecified atom stereocenters. The number of hydrogen-bond acceptors (Lipinski definition) is 6. The summed E-state index contributed by atoms with van der Waals surface area (Å²) in [6.45, 7) is 5.80. The number of hydrogen-bond donors (Lipinski definition) is 0. The van der Waals surface area contributed by atoms with Crippen molar-refractivity contribution in [1.82, 2.24) is 24.4 Å². The van der Waals surface area contributed by atoms with Gasteiger partial charge in [0, 0.05) is 56.1 Å². The smallest absolute Gasteiger partial charge is 0.233 e. The first-order valence-corrected chi connectivity index (χ1v) is 9.17. The van der Waals surface area contributed by atoms with E-state index in [1.165, 1.54) is 0 Å². The Morgan fingerprint density at radius 1 is 1.11 bits per heavy atom. The topological polar surface area (TPSA) is 63.0 Å². The second-order valence-corrected chi connectivity index (χ2v) is 6.81. The molecule has 0 N–H and O–H groups in total. The molecular weight excluding hydrogens is 342 g/mol. The minimum atomic E-state index is 0.501. The first-order valence-electron chi connectivity index (χ1n) is 9.17. The number of pyridine rings is 1. The van der Waals surface area contributed by atoms with Crippen LogP contribution in [0.2, 0.25) is 0 Å². The summed E-state index contributed by atoms with van der Waals surface area (Å²) < 4.78 is 7.69. The largest absolute Gasteiger partial charge is 0.475 e. The predicted octanol–water partition coefficient (Wildman–Crippen LogP) is 1.83. The fourth-order valence-electron chi connectivity index (χ4n) is 3.38. The zero-order valence-electron chi connectivity index (χ0n) is 15.4. The Balaban J connectivity index is 1.43. The number of ether oxygens (including phenoxy) is 1. The molecule has 0 bridgehead atoms. The van der Waals surface area contributed by atoms with Crippen molar-refractivity contribution in [3.8, 4) is 17.3 Å². The van der Waals surface area contributed by atoms with Crippen molar-refractivity contribution in [2.75, 3.05) is 46.4 Å². The zero-order chi connectivity index (χ0) is 18.6. The highest BCUT2D eigenvalue weighted by atomic mass is 16.5. The van der Waals surface area contributed by atoms with Gasteiger partial charge in [0.05, 0.1) is 5.69 Å². The Morgan fingerprint density at radius 3 is 2.70 bits per heavy atom. The van der Waals surface area contributed by atoms with E-state index in [1.807, 2.05) is 47.0 Å². The van der Waals surface area contributed by atoms with Gasteiger partial charge in [0.2, 0.25) is 5.88 Å². The van der Waals surface area contributed by atoms with Crippen molar-refractivity contribution in [3.63, 3.8) is 0 Å². The van der Waals surface area contributed by atoms with Crippen molar-refractivity contribution in [2.45, 2.75) is 0 Å². The van der Waals surface area contributed by atoms with Crippen molar-refractivity contribution in [3.05, 3.63) is 48.2 Å². The number of piperazine rings is 1. The van der Waals surface area contributed by atoms with Crippen LogP contribution in [0.15, 0.2) is 42.6 Å². The van der Waals surface area contributed by atoms with E-state index in [4.69, 9.17) is 4.74 Å². The van der Waals surface area contributed by atoms with E-state index in [1.54, 1.807) is 0 Å². The molecule has 0 atom stereocenters.